The normalized spacial score (nSPS) is 21.1. The lowest BCUT2D eigenvalue weighted by atomic mass is 9.99. The quantitative estimate of drug-likeness (QED) is 0.0173. The average Bonchev–Trinajstić information content (AvgIpc) is 3.24. The minimum atomic E-state index is -5.11. The molecular weight excluding hydrogens is 815 g/mol. The van der Waals surface area contributed by atoms with Crippen molar-refractivity contribution in [2.75, 3.05) is 13.2 Å². The van der Waals surface area contributed by atoms with E-state index in [0.29, 0.717) is 19.3 Å². The van der Waals surface area contributed by atoms with Crippen LogP contribution in [0, 0.1) is 0 Å². The van der Waals surface area contributed by atoms with Gasteiger partial charge in [0.05, 0.1) is 25.4 Å². The summed E-state index contributed by atoms with van der Waals surface area (Å²) in [5.74, 6) is -0.672. The number of ether oxygens (including phenoxy) is 2. The molecule has 1 rings (SSSR count). The van der Waals surface area contributed by atoms with Gasteiger partial charge in [-0.25, -0.2) is 4.18 Å². The molecule has 7 N–H and O–H groups in total. The highest BCUT2D eigenvalue weighted by atomic mass is 32.3. The number of unbranched alkanes of at least 4 members (excludes halogenated alkanes) is 28. The number of amides is 1. The number of rotatable bonds is 43. The van der Waals surface area contributed by atoms with Gasteiger partial charge in [0.1, 0.15) is 30.5 Å². The SMILES string of the molecule is CCCCCCCC/C=C\CCCCCCCCC(O)C(=O)NC(COC1OC(CO)C(O)C(OS(=O)(=O)O)C1O)C(O)CCCCCCCCCCCCCCCCCCC. The van der Waals surface area contributed by atoms with Crippen LogP contribution in [-0.2, 0) is 28.9 Å². The van der Waals surface area contributed by atoms with E-state index in [9.17, 15) is 43.3 Å². The van der Waals surface area contributed by atoms with Crippen LogP contribution in [0.3, 0.4) is 0 Å². The Kier molecular flexibility index (Phi) is 37.0. The van der Waals surface area contributed by atoms with Gasteiger partial charge in [-0.2, -0.15) is 8.42 Å². The Balaban J connectivity index is 2.51. The van der Waals surface area contributed by atoms with Crippen LogP contribution in [0.5, 0.6) is 0 Å². The molecule has 1 aliphatic rings. The molecule has 62 heavy (non-hydrogen) atoms. The predicted octanol–water partition coefficient (Wildman–Crippen LogP) is 9.31. The molecule has 1 aliphatic heterocycles. The van der Waals surface area contributed by atoms with Crippen molar-refractivity contribution in [3.05, 3.63) is 12.2 Å². The Labute approximate surface area is 377 Å². The largest absolute Gasteiger partial charge is 0.397 e. The Morgan fingerprint density at radius 2 is 1.03 bits per heavy atom. The Bertz CT molecular complexity index is 1180. The van der Waals surface area contributed by atoms with Crippen molar-refractivity contribution in [2.45, 2.75) is 275 Å². The third kappa shape index (κ3) is 30.8. The minimum Gasteiger partial charge on any atom is -0.394 e. The highest BCUT2D eigenvalue weighted by Gasteiger charge is 2.48. The monoisotopic (exact) mass is 908 g/mol. The average molecular weight is 908 g/mol. The first kappa shape index (κ1) is 58.8. The fraction of sp³-hybridized carbons (Fsp3) is 0.938. The number of carbonyl (C=O) groups is 1. The molecule has 0 aromatic carbocycles. The zero-order valence-corrected chi connectivity index (χ0v) is 39.9. The number of hydrogen-bond donors (Lipinski definition) is 7. The maximum Gasteiger partial charge on any atom is 0.397 e. The molecule has 1 amide bonds. The van der Waals surface area contributed by atoms with Crippen LogP contribution in [0.4, 0.5) is 0 Å². The smallest absolute Gasteiger partial charge is 0.394 e. The third-order valence-electron chi connectivity index (χ3n) is 12.2. The van der Waals surface area contributed by atoms with Gasteiger partial charge >= 0.3 is 10.4 Å². The summed E-state index contributed by atoms with van der Waals surface area (Å²) < 4.78 is 47.7. The molecule has 1 heterocycles. The fourth-order valence-corrected chi connectivity index (χ4v) is 8.68. The summed E-state index contributed by atoms with van der Waals surface area (Å²) in [6, 6.07) is -1.03. The van der Waals surface area contributed by atoms with E-state index in [1.165, 1.54) is 122 Å². The van der Waals surface area contributed by atoms with Crippen molar-refractivity contribution < 1.29 is 57.0 Å². The zero-order chi connectivity index (χ0) is 45.7. The van der Waals surface area contributed by atoms with Crippen LogP contribution in [0.25, 0.3) is 0 Å². The molecule has 0 aromatic heterocycles. The van der Waals surface area contributed by atoms with Gasteiger partial charge in [0.15, 0.2) is 6.29 Å². The lowest BCUT2D eigenvalue weighted by molar-refractivity contribution is -0.298. The maximum atomic E-state index is 13.2. The summed E-state index contributed by atoms with van der Waals surface area (Å²) in [7, 11) is -5.11. The van der Waals surface area contributed by atoms with E-state index in [2.05, 4.69) is 35.5 Å². The molecule has 8 atom stereocenters. The number of nitrogens with one attached hydrogen (secondary N) is 1. The fourth-order valence-electron chi connectivity index (χ4n) is 8.17. The van der Waals surface area contributed by atoms with Crippen LogP contribution in [0.2, 0.25) is 0 Å². The molecule has 14 heteroatoms. The summed E-state index contributed by atoms with van der Waals surface area (Å²) in [5, 5.41) is 55.5. The van der Waals surface area contributed by atoms with Crippen molar-refractivity contribution in [1.82, 2.24) is 5.32 Å². The van der Waals surface area contributed by atoms with Gasteiger partial charge in [0, 0.05) is 0 Å². The van der Waals surface area contributed by atoms with E-state index in [0.717, 1.165) is 64.2 Å². The molecule has 368 valence electrons. The molecule has 1 saturated heterocycles. The van der Waals surface area contributed by atoms with E-state index in [1.807, 2.05) is 0 Å². The number of hydrogen-bond acceptors (Lipinski definition) is 11. The van der Waals surface area contributed by atoms with Crippen LogP contribution < -0.4 is 5.32 Å². The lowest BCUT2D eigenvalue weighted by Crippen LogP contribution is -2.61. The van der Waals surface area contributed by atoms with E-state index in [4.69, 9.17) is 9.47 Å². The molecule has 0 aromatic rings. The van der Waals surface area contributed by atoms with Crippen molar-refractivity contribution in [3.63, 3.8) is 0 Å². The van der Waals surface area contributed by atoms with E-state index < -0.39 is 78.5 Å². The summed E-state index contributed by atoms with van der Waals surface area (Å²) in [6.45, 7) is 3.29. The highest BCUT2D eigenvalue weighted by molar-refractivity contribution is 7.80. The van der Waals surface area contributed by atoms with Gasteiger partial charge in [0.25, 0.3) is 0 Å². The molecular formula is C48H93NO12S. The van der Waals surface area contributed by atoms with Crippen molar-refractivity contribution in [2.24, 2.45) is 0 Å². The summed E-state index contributed by atoms with van der Waals surface area (Å²) in [5.41, 5.74) is 0. The zero-order valence-electron chi connectivity index (χ0n) is 39.1. The number of aliphatic hydroxyl groups excluding tert-OH is 5. The van der Waals surface area contributed by atoms with Gasteiger partial charge in [-0.15, -0.1) is 0 Å². The standard InChI is InChI=1S/C48H93NO12S/c1-3-5-7-9-11-13-15-17-19-21-23-24-26-28-30-32-34-36-41(51)40(39-59-48-45(54)46(61-62(56,57)58)44(53)43(38-50)60-48)49-47(55)42(52)37-35-33-31-29-27-25-22-20-18-16-14-12-10-8-6-4-2/h18,20,40-46,48,50-54H,3-17,19,21-39H2,1-2H3,(H,49,55)(H,56,57,58)/b20-18-. The second-order valence-electron chi connectivity index (χ2n) is 17.9. The number of allylic oxidation sites excluding steroid dienone is 2. The molecule has 0 aliphatic carbocycles. The number of aliphatic hydroxyl groups is 5. The first-order valence-corrected chi connectivity index (χ1v) is 26.5. The van der Waals surface area contributed by atoms with Crippen LogP contribution in [0.15, 0.2) is 12.2 Å². The minimum absolute atomic E-state index is 0.255. The third-order valence-corrected chi connectivity index (χ3v) is 12.6. The first-order valence-electron chi connectivity index (χ1n) is 25.2. The van der Waals surface area contributed by atoms with Crippen LogP contribution in [0.1, 0.15) is 226 Å². The molecule has 0 radical (unpaired) electrons. The Hall–Kier alpha value is -1.20. The maximum absolute atomic E-state index is 13.2. The molecule has 8 unspecified atom stereocenters. The second-order valence-corrected chi connectivity index (χ2v) is 18.9. The second kappa shape index (κ2) is 39.0. The summed E-state index contributed by atoms with van der Waals surface area (Å²) >= 11 is 0. The number of carbonyl (C=O) groups excluding carboxylic acids is 1. The predicted molar refractivity (Wildman–Crippen MR) is 247 cm³/mol. The van der Waals surface area contributed by atoms with Crippen molar-refractivity contribution >= 4 is 16.3 Å². The molecule has 0 bridgehead atoms. The van der Waals surface area contributed by atoms with Crippen LogP contribution in [-0.4, -0.2) is 107 Å². The van der Waals surface area contributed by atoms with Gasteiger partial charge in [-0.1, -0.05) is 199 Å². The Morgan fingerprint density at radius 3 is 1.45 bits per heavy atom. The lowest BCUT2D eigenvalue weighted by Gasteiger charge is -2.41. The van der Waals surface area contributed by atoms with Crippen molar-refractivity contribution in [1.29, 1.82) is 0 Å². The van der Waals surface area contributed by atoms with Crippen LogP contribution >= 0.6 is 0 Å². The molecule has 0 spiro atoms. The van der Waals surface area contributed by atoms with Crippen molar-refractivity contribution in [3.8, 4) is 0 Å². The first-order chi connectivity index (χ1) is 29.9. The topological polar surface area (TPSA) is 212 Å². The van der Waals surface area contributed by atoms with Gasteiger partial charge in [-0.05, 0) is 38.5 Å². The van der Waals surface area contributed by atoms with E-state index in [-0.39, 0.29) is 6.42 Å². The summed E-state index contributed by atoms with van der Waals surface area (Å²) in [4.78, 5) is 13.2. The molecule has 1 fully saturated rings. The van der Waals surface area contributed by atoms with E-state index in [1.54, 1.807) is 0 Å². The Morgan fingerprint density at radius 1 is 0.629 bits per heavy atom. The van der Waals surface area contributed by atoms with Gasteiger partial charge in [0.2, 0.25) is 5.91 Å². The molecule has 0 saturated carbocycles. The van der Waals surface area contributed by atoms with E-state index >= 15 is 0 Å². The van der Waals surface area contributed by atoms with Gasteiger partial charge in [-0.3, -0.25) is 9.35 Å². The molecule has 13 nitrogen and oxygen atoms in total. The van der Waals surface area contributed by atoms with Gasteiger partial charge < -0.3 is 40.3 Å². The summed E-state index contributed by atoms with van der Waals surface area (Å²) in [6.07, 6.45) is 31.0. The highest BCUT2D eigenvalue weighted by Crippen LogP contribution is 2.26.